The van der Waals surface area contributed by atoms with Crippen LogP contribution in [0.5, 0.6) is 0 Å². The van der Waals surface area contributed by atoms with Crippen molar-refractivity contribution in [2.75, 3.05) is 18.9 Å². The van der Waals surface area contributed by atoms with Crippen LogP contribution in [0.1, 0.15) is 19.8 Å². The largest absolute Gasteiger partial charge is 0.377 e. The molecule has 84 valence electrons. The summed E-state index contributed by atoms with van der Waals surface area (Å²) < 4.78 is 30.6. The summed E-state index contributed by atoms with van der Waals surface area (Å²) in [4.78, 5) is 0. The monoisotopic (exact) mass is 222 g/mol. The molecule has 1 saturated heterocycles. The van der Waals surface area contributed by atoms with Crippen molar-refractivity contribution in [3.8, 4) is 0 Å². The van der Waals surface area contributed by atoms with Crippen molar-refractivity contribution in [1.82, 2.24) is 4.72 Å². The van der Waals surface area contributed by atoms with Crippen molar-refractivity contribution in [2.24, 2.45) is 5.73 Å². The van der Waals surface area contributed by atoms with Crippen LogP contribution in [-0.2, 0) is 14.8 Å². The van der Waals surface area contributed by atoms with Crippen LogP contribution in [0.25, 0.3) is 0 Å². The highest BCUT2D eigenvalue weighted by molar-refractivity contribution is 7.89. The van der Waals surface area contributed by atoms with Crippen LogP contribution in [0.4, 0.5) is 0 Å². The quantitative estimate of drug-likeness (QED) is 0.653. The van der Waals surface area contributed by atoms with Crippen LogP contribution in [-0.4, -0.2) is 39.5 Å². The fourth-order valence-corrected chi connectivity index (χ4v) is 2.72. The topological polar surface area (TPSA) is 81.4 Å². The molecule has 3 N–H and O–H groups in total. The van der Waals surface area contributed by atoms with E-state index in [1.54, 1.807) is 6.92 Å². The zero-order valence-electron chi connectivity index (χ0n) is 8.40. The average molecular weight is 222 g/mol. The zero-order chi connectivity index (χ0) is 10.6. The molecule has 0 spiro atoms. The Hall–Kier alpha value is -0.170. The van der Waals surface area contributed by atoms with E-state index in [2.05, 4.69) is 4.72 Å². The molecule has 1 aliphatic heterocycles. The van der Waals surface area contributed by atoms with E-state index in [9.17, 15) is 8.42 Å². The number of sulfonamides is 1. The Morgan fingerprint density at radius 1 is 1.64 bits per heavy atom. The molecule has 6 heteroatoms. The highest BCUT2D eigenvalue weighted by Crippen LogP contribution is 2.13. The third kappa shape index (κ3) is 4.36. The minimum absolute atomic E-state index is 0.0553. The van der Waals surface area contributed by atoms with Gasteiger partial charge in [0.2, 0.25) is 10.0 Å². The molecule has 0 saturated carbocycles. The first-order valence-corrected chi connectivity index (χ1v) is 6.49. The third-order valence-corrected chi connectivity index (χ3v) is 3.47. The second-order valence-electron chi connectivity index (χ2n) is 3.74. The predicted octanol–water partition coefficient (Wildman–Crippen LogP) is -0.568. The van der Waals surface area contributed by atoms with Gasteiger partial charge in [-0.25, -0.2) is 13.1 Å². The first-order valence-electron chi connectivity index (χ1n) is 4.84. The second-order valence-corrected chi connectivity index (χ2v) is 5.59. The van der Waals surface area contributed by atoms with Gasteiger partial charge in [-0.05, 0) is 19.8 Å². The SMILES string of the molecule is CC(N)CNS(=O)(=O)CC1CCCO1. The van der Waals surface area contributed by atoms with Gasteiger partial charge in [0.15, 0.2) is 0 Å². The molecule has 5 nitrogen and oxygen atoms in total. The lowest BCUT2D eigenvalue weighted by molar-refractivity contribution is 0.127. The minimum atomic E-state index is -3.22. The lowest BCUT2D eigenvalue weighted by Gasteiger charge is -2.12. The van der Waals surface area contributed by atoms with Crippen LogP contribution in [0.15, 0.2) is 0 Å². The number of hydrogen-bond donors (Lipinski definition) is 2. The fraction of sp³-hybridized carbons (Fsp3) is 1.00. The molecule has 0 radical (unpaired) electrons. The van der Waals surface area contributed by atoms with E-state index in [1.165, 1.54) is 0 Å². The maximum Gasteiger partial charge on any atom is 0.214 e. The molecule has 0 aromatic carbocycles. The van der Waals surface area contributed by atoms with Crippen LogP contribution in [0, 0.1) is 0 Å². The van der Waals surface area contributed by atoms with Crippen molar-refractivity contribution in [3.63, 3.8) is 0 Å². The summed E-state index contributed by atoms with van der Waals surface area (Å²) in [7, 11) is -3.22. The Morgan fingerprint density at radius 2 is 2.36 bits per heavy atom. The number of ether oxygens (including phenoxy) is 1. The molecule has 1 aliphatic rings. The molecular formula is C8H18N2O3S. The van der Waals surface area contributed by atoms with E-state index in [-0.39, 0.29) is 24.4 Å². The van der Waals surface area contributed by atoms with Crippen molar-refractivity contribution < 1.29 is 13.2 Å². The molecular weight excluding hydrogens is 204 g/mol. The Labute approximate surface area is 85.1 Å². The average Bonchev–Trinajstić information content (AvgIpc) is 2.53. The maximum atomic E-state index is 11.4. The molecule has 0 amide bonds. The second kappa shape index (κ2) is 5.06. The van der Waals surface area contributed by atoms with Crippen LogP contribution >= 0.6 is 0 Å². The summed E-state index contributed by atoms with van der Waals surface area (Å²) in [5.74, 6) is 0.0553. The minimum Gasteiger partial charge on any atom is -0.377 e. The highest BCUT2D eigenvalue weighted by atomic mass is 32.2. The number of rotatable bonds is 5. The van der Waals surface area contributed by atoms with Gasteiger partial charge < -0.3 is 10.5 Å². The summed E-state index contributed by atoms with van der Waals surface area (Å²) in [6, 6.07) is -0.158. The lowest BCUT2D eigenvalue weighted by atomic mass is 10.3. The Kier molecular flexibility index (Phi) is 4.31. The van der Waals surface area contributed by atoms with Crippen LogP contribution in [0.3, 0.4) is 0 Å². The first kappa shape index (κ1) is 11.9. The van der Waals surface area contributed by atoms with Gasteiger partial charge in [0, 0.05) is 19.2 Å². The molecule has 1 heterocycles. The third-order valence-electron chi connectivity index (χ3n) is 2.05. The van der Waals surface area contributed by atoms with Crippen molar-refractivity contribution >= 4 is 10.0 Å². The molecule has 1 fully saturated rings. The van der Waals surface area contributed by atoms with Crippen molar-refractivity contribution in [1.29, 1.82) is 0 Å². The molecule has 0 bridgehead atoms. The van der Waals surface area contributed by atoms with Gasteiger partial charge >= 0.3 is 0 Å². The number of hydrogen-bond acceptors (Lipinski definition) is 4. The summed E-state index contributed by atoms with van der Waals surface area (Å²) in [6.07, 6.45) is 1.65. The van der Waals surface area contributed by atoms with E-state index in [4.69, 9.17) is 10.5 Å². The molecule has 0 aromatic heterocycles. The zero-order valence-corrected chi connectivity index (χ0v) is 9.22. The molecule has 0 aromatic rings. The van der Waals surface area contributed by atoms with Gasteiger partial charge in [-0.3, -0.25) is 0 Å². The highest BCUT2D eigenvalue weighted by Gasteiger charge is 2.22. The predicted molar refractivity (Wildman–Crippen MR) is 54.4 cm³/mol. The Balaban J connectivity index is 2.33. The van der Waals surface area contributed by atoms with Gasteiger partial charge in [-0.15, -0.1) is 0 Å². The van der Waals surface area contributed by atoms with E-state index < -0.39 is 10.0 Å². The number of nitrogens with two attached hydrogens (primary N) is 1. The standard InChI is InChI=1S/C8H18N2O3S/c1-7(9)5-10-14(11,12)6-8-3-2-4-13-8/h7-8,10H,2-6,9H2,1H3. The fourth-order valence-electron chi connectivity index (χ4n) is 1.34. The molecule has 2 unspecified atom stereocenters. The van der Waals surface area contributed by atoms with Gasteiger partial charge in [-0.2, -0.15) is 0 Å². The van der Waals surface area contributed by atoms with Gasteiger partial charge in [0.05, 0.1) is 11.9 Å². The molecule has 14 heavy (non-hydrogen) atoms. The van der Waals surface area contributed by atoms with E-state index in [0.717, 1.165) is 12.8 Å². The van der Waals surface area contributed by atoms with E-state index in [0.29, 0.717) is 6.61 Å². The summed E-state index contributed by atoms with van der Waals surface area (Å²) in [5, 5.41) is 0. The first-order chi connectivity index (χ1) is 6.49. The lowest BCUT2D eigenvalue weighted by Crippen LogP contribution is -2.38. The molecule has 2 atom stereocenters. The number of nitrogens with one attached hydrogen (secondary N) is 1. The van der Waals surface area contributed by atoms with E-state index in [1.807, 2.05) is 0 Å². The van der Waals surface area contributed by atoms with Gasteiger partial charge in [0.25, 0.3) is 0 Å². The van der Waals surface area contributed by atoms with Crippen molar-refractivity contribution in [2.45, 2.75) is 31.9 Å². The van der Waals surface area contributed by atoms with E-state index >= 15 is 0 Å². The van der Waals surface area contributed by atoms with Crippen molar-refractivity contribution in [3.05, 3.63) is 0 Å². The summed E-state index contributed by atoms with van der Waals surface area (Å²) in [6.45, 7) is 2.72. The Bertz CT molecular complexity index is 258. The van der Waals surface area contributed by atoms with Crippen LogP contribution in [0.2, 0.25) is 0 Å². The van der Waals surface area contributed by atoms with Gasteiger partial charge in [-0.1, -0.05) is 0 Å². The van der Waals surface area contributed by atoms with Crippen LogP contribution < -0.4 is 10.5 Å². The smallest absolute Gasteiger partial charge is 0.214 e. The molecule has 1 rings (SSSR count). The summed E-state index contributed by atoms with van der Waals surface area (Å²) in [5.41, 5.74) is 5.45. The maximum absolute atomic E-state index is 11.4. The van der Waals surface area contributed by atoms with Gasteiger partial charge in [0.1, 0.15) is 0 Å². The summed E-state index contributed by atoms with van der Waals surface area (Å²) >= 11 is 0. The normalized spacial score (nSPS) is 25.1. The molecule has 0 aliphatic carbocycles. The Morgan fingerprint density at radius 3 is 2.86 bits per heavy atom.